The molecule has 3 saturated carbocycles. The van der Waals surface area contributed by atoms with Gasteiger partial charge in [0.2, 0.25) is 0 Å². The highest BCUT2D eigenvalue weighted by molar-refractivity contribution is 4.99. The average molecular weight is 208 g/mol. The minimum atomic E-state index is 0.751. The molecule has 0 radical (unpaired) electrons. The second-order valence-electron chi connectivity index (χ2n) is 5.90. The predicted octanol–water partition coefficient (Wildman–Crippen LogP) is 1.89. The minimum absolute atomic E-state index is 0.751. The zero-order valence-corrected chi connectivity index (χ0v) is 9.62. The fourth-order valence-corrected chi connectivity index (χ4v) is 3.35. The Balaban J connectivity index is 1.57. The van der Waals surface area contributed by atoms with Gasteiger partial charge in [0, 0.05) is 12.1 Å². The second-order valence-corrected chi connectivity index (χ2v) is 5.90. The molecule has 2 atom stereocenters. The van der Waals surface area contributed by atoms with Crippen molar-refractivity contribution in [1.29, 1.82) is 0 Å². The van der Waals surface area contributed by atoms with Crippen molar-refractivity contribution in [2.45, 2.75) is 57.0 Å². The average Bonchev–Trinajstić information content (AvgIpc) is 3.14. The maximum atomic E-state index is 5.84. The van der Waals surface area contributed by atoms with Gasteiger partial charge in [-0.2, -0.15) is 0 Å². The summed E-state index contributed by atoms with van der Waals surface area (Å²) in [5, 5.41) is 3.96. The van der Waals surface area contributed by atoms with Crippen molar-refractivity contribution < 1.29 is 0 Å². The molecule has 0 aromatic heterocycles. The van der Waals surface area contributed by atoms with E-state index in [0.717, 1.165) is 36.4 Å². The molecule has 0 spiro atoms. The van der Waals surface area contributed by atoms with E-state index >= 15 is 0 Å². The number of nitrogens with two attached hydrogens (primary N) is 1. The molecule has 2 unspecified atom stereocenters. The maximum Gasteiger partial charge on any atom is 0.0126 e. The van der Waals surface area contributed by atoms with E-state index in [9.17, 15) is 0 Å². The van der Waals surface area contributed by atoms with Gasteiger partial charge in [-0.1, -0.05) is 6.42 Å². The van der Waals surface area contributed by atoms with Crippen LogP contribution in [-0.4, -0.2) is 18.6 Å². The Morgan fingerprint density at radius 3 is 2.20 bits per heavy atom. The summed E-state index contributed by atoms with van der Waals surface area (Å²) in [4.78, 5) is 0. The van der Waals surface area contributed by atoms with Crippen LogP contribution in [0.25, 0.3) is 0 Å². The van der Waals surface area contributed by atoms with Crippen LogP contribution in [0.1, 0.15) is 44.9 Å². The fraction of sp³-hybridized carbons (Fsp3) is 1.00. The molecular weight excluding hydrogens is 184 g/mol. The van der Waals surface area contributed by atoms with Gasteiger partial charge in [0.1, 0.15) is 0 Å². The van der Waals surface area contributed by atoms with Gasteiger partial charge in [0.15, 0.2) is 0 Å². The summed E-state index contributed by atoms with van der Waals surface area (Å²) < 4.78 is 0. The molecule has 0 aromatic rings. The molecule has 3 N–H and O–H groups in total. The van der Waals surface area contributed by atoms with Gasteiger partial charge >= 0.3 is 0 Å². The van der Waals surface area contributed by atoms with Crippen LogP contribution in [0, 0.1) is 17.8 Å². The summed E-state index contributed by atoms with van der Waals surface area (Å²) >= 11 is 0. The molecule has 0 heterocycles. The lowest BCUT2D eigenvalue weighted by Crippen LogP contribution is -2.44. The van der Waals surface area contributed by atoms with E-state index in [2.05, 4.69) is 5.32 Å². The van der Waals surface area contributed by atoms with Crippen molar-refractivity contribution in [3.05, 3.63) is 0 Å². The largest absolute Gasteiger partial charge is 0.330 e. The highest BCUT2D eigenvalue weighted by Crippen LogP contribution is 2.45. The van der Waals surface area contributed by atoms with Crippen molar-refractivity contribution in [2.75, 3.05) is 6.54 Å². The zero-order valence-electron chi connectivity index (χ0n) is 9.62. The Bertz CT molecular complexity index is 209. The van der Waals surface area contributed by atoms with Gasteiger partial charge in [0.05, 0.1) is 0 Å². The molecule has 86 valence electrons. The lowest BCUT2D eigenvalue weighted by molar-refractivity contribution is 0.316. The maximum absolute atomic E-state index is 5.84. The van der Waals surface area contributed by atoms with E-state index in [1.807, 2.05) is 0 Å². The molecular formula is C13H24N2. The first kappa shape index (κ1) is 10.1. The van der Waals surface area contributed by atoms with Crippen LogP contribution in [0.4, 0.5) is 0 Å². The van der Waals surface area contributed by atoms with Gasteiger partial charge < -0.3 is 11.1 Å². The third-order valence-corrected chi connectivity index (χ3v) is 4.63. The number of hydrogen-bond donors (Lipinski definition) is 2. The third kappa shape index (κ3) is 2.21. The number of rotatable bonds is 5. The normalized spacial score (nSPS) is 36.4. The molecule has 0 amide bonds. The van der Waals surface area contributed by atoms with Gasteiger partial charge in [-0.15, -0.1) is 0 Å². The molecule has 0 aliphatic heterocycles. The Hall–Kier alpha value is -0.0800. The smallest absolute Gasteiger partial charge is 0.0126 e. The summed E-state index contributed by atoms with van der Waals surface area (Å²) in [6.45, 7) is 0.889. The fourth-order valence-electron chi connectivity index (χ4n) is 3.35. The van der Waals surface area contributed by atoms with Crippen LogP contribution < -0.4 is 11.1 Å². The summed E-state index contributed by atoms with van der Waals surface area (Å²) in [5.41, 5.74) is 5.84. The molecule has 3 aliphatic rings. The highest BCUT2D eigenvalue weighted by atomic mass is 15.0. The second kappa shape index (κ2) is 4.06. The topological polar surface area (TPSA) is 38.0 Å². The number of hydrogen-bond acceptors (Lipinski definition) is 2. The Labute approximate surface area is 93.0 Å². The van der Waals surface area contributed by atoms with Crippen molar-refractivity contribution >= 4 is 0 Å². The standard InChI is InChI=1S/C13H24N2/c14-8-11-2-1-3-12(11)15-13(9-4-5-9)10-6-7-10/h9-13,15H,1-8,14H2. The van der Waals surface area contributed by atoms with Gasteiger partial charge in [-0.05, 0) is 62.8 Å². The summed E-state index contributed by atoms with van der Waals surface area (Å²) in [6.07, 6.45) is 10.0. The quantitative estimate of drug-likeness (QED) is 0.724. The summed E-state index contributed by atoms with van der Waals surface area (Å²) in [6, 6.07) is 1.61. The van der Waals surface area contributed by atoms with Crippen molar-refractivity contribution in [3.8, 4) is 0 Å². The minimum Gasteiger partial charge on any atom is -0.330 e. The molecule has 3 rings (SSSR count). The molecule has 0 bridgehead atoms. The van der Waals surface area contributed by atoms with Gasteiger partial charge in [-0.25, -0.2) is 0 Å². The van der Waals surface area contributed by atoms with Crippen molar-refractivity contribution in [1.82, 2.24) is 5.32 Å². The van der Waals surface area contributed by atoms with Crippen LogP contribution in [0.2, 0.25) is 0 Å². The first-order valence-corrected chi connectivity index (χ1v) is 6.84. The first-order valence-electron chi connectivity index (χ1n) is 6.84. The van der Waals surface area contributed by atoms with E-state index < -0.39 is 0 Å². The Morgan fingerprint density at radius 2 is 1.67 bits per heavy atom. The first-order chi connectivity index (χ1) is 7.38. The van der Waals surface area contributed by atoms with Crippen molar-refractivity contribution in [3.63, 3.8) is 0 Å². The van der Waals surface area contributed by atoms with E-state index in [-0.39, 0.29) is 0 Å². The molecule has 15 heavy (non-hydrogen) atoms. The van der Waals surface area contributed by atoms with E-state index in [0.29, 0.717) is 0 Å². The van der Waals surface area contributed by atoms with Gasteiger partial charge in [0.25, 0.3) is 0 Å². The van der Waals surface area contributed by atoms with E-state index in [1.165, 1.54) is 44.9 Å². The Morgan fingerprint density at radius 1 is 1.00 bits per heavy atom. The lowest BCUT2D eigenvalue weighted by atomic mass is 10.00. The molecule has 0 aromatic carbocycles. The summed E-state index contributed by atoms with van der Waals surface area (Å²) in [7, 11) is 0. The lowest BCUT2D eigenvalue weighted by Gasteiger charge is -2.26. The molecule has 2 nitrogen and oxygen atoms in total. The van der Waals surface area contributed by atoms with Gasteiger partial charge in [-0.3, -0.25) is 0 Å². The summed E-state index contributed by atoms with van der Waals surface area (Å²) in [5.74, 6) is 2.82. The predicted molar refractivity (Wildman–Crippen MR) is 62.6 cm³/mol. The van der Waals surface area contributed by atoms with Crippen LogP contribution in [-0.2, 0) is 0 Å². The molecule has 3 fully saturated rings. The zero-order chi connectivity index (χ0) is 10.3. The van der Waals surface area contributed by atoms with Crippen molar-refractivity contribution in [2.24, 2.45) is 23.5 Å². The molecule has 0 saturated heterocycles. The van der Waals surface area contributed by atoms with E-state index in [1.54, 1.807) is 0 Å². The molecule has 3 aliphatic carbocycles. The number of nitrogens with one attached hydrogen (secondary N) is 1. The van der Waals surface area contributed by atoms with Crippen LogP contribution in [0.3, 0.4) is 0 Å². The molecule has 2 heteroatoms. The van der Waals surface area contributed by atoms with Crippen LogP contribution in [0.15, 0.2) is 0 Å². The van der Waals surface area contributed by atoms with Crippen LogP contribution in [0.5, 0.6) is 0 Å². The highest BCUT2D eigenvalue weighted by Gasteiger charge is 2.43. The van der Waals surface area contributed by atoms with Crippen LogP contribution >= 0.6 is 0 Å². The SMILES string of the molecule is NCC1CCCC1NC(C1CC1)C1CC1. The Kier molecular flexibility index (Phi) is 2.73. The third-order valence-electron chi connectivity index (χ3n) is 4.63. The monoisotopic (exact) mass is 208 g/mol. The van der Waals surface area contributed by atoms with E-state index in [4.69, 9.17) is 5.73 Å².